The summed E-state index contributed by atoms with van der Waals surface area (Å²) in [6.45, 7) is 4.99. The molecule has 86 valence electrons. The highest BCUT2D eigenvalue weighted by Gasteiger charge is 2.21. The van der Waals surface area contributed by atoms with Gasteiger partial charge in [-0.3, -0.25) is 0 Å². The summed E-state index contributed by atoms with van der Waals surface area (Å²) in [7, 11) is 0. The van der Waals surface area contributed by atoms with Gasteiger partial charge in [0.2, 0.25) is 6.10 Å². The summed E-state index contributed by atoms with van der Waals surface area (Å²) in [5.41, 5.74) is 0.301. The minimum atomic E-state index is -1.24. The molecule has 1 aromatic carbocycles. The number of carboxylic acid groups (broad SMARTS) is 1. The van der Waals surface area contributed by atoms with Crippen LogP contribution in [0.3, 0.4) is 0 Å². The van der Waals surface area contributed by atoms with Crippen molar-refractivity contribution in [3.63, 3.8) is 0 Å². The number of carboxylic acids is 1. The van der Waals surface area contributed by atoms with Gasteiger partial charge < -0.3 is 9.84 Å². The quantitative estimate of drug-likeness (QED) is 0.867. The first kappa shape index (κ1) is 12.7. The van der Waals surface area contributed by atoms with Crippen LogP contribution in [0.1, 0.15) is 6.92 Å². The molecule has 1 aromatic rings. The van der Waals surface area contributed by atoms with Crippen molar-refractivity contribution < 1.29 is 19.0 Å². The molecule has 1 unspecified atom stereocenters. The van der Waals surface area contributed by atoms with Crippen molar-refractivity contribution in [1.82, 2.24) is 0 Å². The van der Waals surface area contributed by atoms with Gasteiger partial charge in [-0.1, -0.05) is 22.5 Å². The Morgan fingerprint density at radius 1 is 1.62 bits per heavy atom. The van der Waals surface area contributed by atoms with E-state index in [1.54, 1.807) is 6.07 Å². The normalized spacial score (nSPS) is 11.9. The summed E-state index contributed by atoms with van der Waals surface area (Å²) in [5.74, 6) is -1.93. The van der Waals surface area contributed by atoms with Gasteiger partial charge in [-0.25, -0.2) is 9.18 Å². The van der Waals surface area contributed by atoms with Crippen LogP contribution in [0, 0.1) is 5.82 Å². The highest BCUT2D eigenvalue weighted by Crippen LogP contribution is 2.23. The smallest absolute Gasteiger partial charge is 0.349 e. The third-order valence-electron chi connectivity index (χ3n) is 1.81. The molecular weight excluding hydrogens is 279 g/mol. The molecule has 0 spiro atoms. The van der Waals surface area contributed by atoms with E-state index in [1.807, 2.05) is 0 Å². The third-order valence-corrected chi connectivity index (χ3v) is 2.30. The van der Waals surface area contributed by atoms with Crippen LogP contribution in [-0.4, -0.2) is 17.2 Å². The van der Waals surface area contributed by atoms with Crippen LogP contribution in [0.4, 0.5) is 4.39 Å². The number of halogens is 2. The Balaban J connectivity index is 2.94. The molecule has 0 amide bonds. The summed E-state index contributed by atoms with van der Waals surface area (Å²) in [4.78, 5) is 10.8. The molecule has 0 fully saturated rings. The second kappa shape index (κ2) is 5.12. The Morgan fingerprint density at radius 3 is 2.69 bits per heavy atom. The number of benzene rings is 1. The monoisotopic (exact) mass is 288 g/mol. The molecular formula is C11H10BrFO3. The Morgan fingerprint density at radius 2 is 2.25 bits per heavy atom. The lowest BCUT2D eigenvalue weighted by Crippen LogP contribution is -2.28. The second-order valence-electron chi connectivity index (χ2n) is 3.26. The van der Waals surface area contributed by atoms with E-state index in [0.29, 0.717) is 10.0 Å². The fourth-order valence-electron chi connectivity index (χ4n) is 1.06. The average molecular weight is 289 g/mol. The first-order valence-corrected chi connectivity index (χ1v) is 5.21. The first-order valence-electron chi connectivity index (χ1n) is 4.41. The summed E-state index contributed by atoms with van der Waals surface area (Å²) >= 11 is 3.09. The summed E-state index contributed by atoms with van der Waals surface area (Å²) < 4.78 is 18.9. The number of ether oxygens (including phenoxy) is 1. The molecule has 3 nitrogen and oxygen atoms in total. The van der Waals surface area contributed by atoms with Crippen molar-refractivity contribution in [3.05, 3.63) is 40.6 Å². The van der Waals surface area contributed by atoms with E-state index < -0.39 is 17.9 Å². The van der Waals surface area contributed by atoms with Gasteiger partial charge in [0.05, 0.1) is 0 Å². The fraction of sp³-hybridized carbons (Fsp3) is 0.182. The summed E-state index contributed by atoms with van der Waals surface area (Å²) in [6.07, 6.45) is -1.24. The van der Waals surface area contributed by atoms with Crippen molar-refractivity contribution >= 4 is 21.9 Å². The molecule has 1 N–H and O–H groups in total. The van der Waals surface area contributed by atoms with E-state index in [1.165, 1.54) is 19.1 Å². The highest BCUT2D eigenvalue weighted by molar-refractivity contribution is 9.10. The molecule has 0 saturated heterocycles. The van der Waals surface area contributed by atoms with Crippen LogP contribution in [0.2, 0.25) is 0 Å². The molecule has 0 aliphatic heterocycles. The highest BCUT2D eigenvalue weighted by atomic mass is 79.9. The van der Waals surface area contributed by atoms with Gasteiger partial charge >= 0.3 is 5.97 Å². The van der Waals surface area contributed by atoms with Gasteiger partial charge in [-0.2, -0.15) is 0 Å². The minimum Gasteiger partial charge on any atom is -0.478 e. The lowest BCUT2D eigenvalue weighted by Gasteiger charge is -2.15. The standard InChI is InChI=1S/C11H10BrFO3/c1-6(2)10(11(14)15)16-9-4-3-7(12)5-8(9)13/h3-5,10H,1H2,2H3,(H,14,15). The van der Waals surface area contributed by atoms with Crippen molar-refractivity contribution in [2.75, 3.05) is 0 Å². The Kier molecular flexibility index (Phi) is 4.06. The molecule has 0 radical (unpaired) electrons. The molecule has 0 saturated carbocycles. The van der Waals surface area contributed by atoms with Crippen molar-refractivity contribution in [2.24, 2.45) is 0 Å². The van der Waals surface area contributed by atoms with Crippen LogP contribution in [0.5, 0.6) is 5.75 Å². The molecule has 0 bridgehead atoms. The topological polar surface area (TPSA) is 46.5 Å². The van der Waals surface area contributed by atoms with E-state index in [2.05, 4.69) is 22.5 Å². The van der Waals surface area contributed by atoms with E-state index in [9.17, 15) is 9.18 Å². The van der Waals surface area contributed by atoms with Gasteiger partial charge in [-0.05, 0) is 30.7 Å². The molecule has 0 aromatic heterocycles. The van der Waals surface area contributed by atoms with Gasteiger partial charge in [0, 0.05) is 4.47 Å². The van der Waals surface area contributed by atoms with E-state index in [-0.39, 0.29) is 5.75 Å². The predicted octanol–water partition coefficient (Wildman–Crippen LogP) is 3.00. The Labute approximate surface area is 101 Å². The van der Waals surface area contributed by atoms with Gasteiger partial charge in [0.15, 0.2) is 11.6 Å². The first-order chi connectivity index (χ1) is 7.41. The summed E-state index contributed by atoms with van der Waals surface area (Å²) in [6, 6.07) is 4.13. The average Bonchev–Trinajstić information content (AvgIpc) is 2.15. The lowest BCUT2D eigenvalue weighted by atomic mass is 10.2. The van der Waals surface area contributed by atoms with Crippen LogP contribution in [0.25, 0.3) is 0 Å². The predicted molar refractivity (Wildman–Crippen MR) is 61.0 cm³/mol. The SMILES string of the molecule is C=C(C)C(Oc1ccc(Br)cc1F)C(=O)O. The molecule has 1 atom stereocenters. The molecule has 1 rings (SSSR count). The number of aliphatic carboxylic acids is 1. The van der Waals surface area contributed by atoms with Crippen LogP contribution < -0.4 is 4.74 Å². The Bertz CT molecular complexity index is 417. The van der Waals surface area contributed by atoms with Gasteiger partial charge in [0.25, 0.3) is 0 Å². The maximum Gasteiger partial charge on any atom is 0.349 e. The van der Waals surface area contributed by atoms with Crippen molar-refractivity contribution in [2.45, 2.75) is 13.0 Å². The van der Waals surface area contributed by atoms with E-state index >= 15 is 0 Å². The van der Waals surface area contributed by atoms with Gasteiger partial charge in [0.1, 0.15) is 0 Å². The molecule has 16 heavy (non-hydrogen) atoms. The zero-order valence-electron chi connectivity index (χ0n) is 8.54. The molecule has 0 aliphatic carbocycles. The van der Waals surface area contributed by atoms with E-state index in [4.69, 9.17) is 9.84 Å². The minimum absolute atomic E-state index is 0.112. The fourth-order valence-corrected chi connectivity index (χ4v) is 1.39. The zero-order valence-corrected chi connectivity index (χ0v) is 10.1. The largest absolute Gasteiger partial charge is 0.478 e. The second-order valence-corrected chi connectivity index (χ2v) is 4.17. The lowest BCUT2D eigenvalue weighted by molar-refractivity contribution is -0.143. The van der Waals surface area contributed by atoms with Gasteiger partial charge in [-0.15, -0.1) is 0 Å². The number of rotatable bonds is 4. The van der Waals surface area contributed by atoms with Crippen LogP contribution >= 0.6 is 15.9 Å². The molecule has 0 heterocycles. The zero-order chi connectivity index (χ0) is 12.3. The van der Waals surface area contributed by atoms with Crippen LogP contribution in [0.15, 0.2) is 34.8 Å². The Hall–Kier alpha value is -1.36. The van der Waals surface area contributed by atoms with Crippen molar-refractivity contribution in [1.29, 1.82) is 0 Å². The van der Waals surface area contributed by atoms with Crippen LogP contribution in [-0.2, 0) is 4.79 Å². The maximum absolute atomic E-state index is 13.4. The number of hydrogen-bond acceptors (Lipinski definition) is 2. The third kappa shape index (κ3) is 3.06. The molecule has 5 heteroatoms. The van der Waals surface area contributed by atoms with E-state index in [0.717, 1.165) is 0 Å². The summed E-state index contributed by atoms with van der Waals surface area (Å²) in [5, 5.41) is 8.83. The molecule has 0 aliphatic rings. The number of hydrogen-bond donors (Lipinski definition) is 1. The number of carbonyl (C=O) groups is 1. The van der Waals surface area contributed by atoms with Crippen molar-refractivity contribution in [3.8, 4) is 5.75 Å². The maximum atomic E-state index is 13.4.